The Labute approximate surface area is 407 Å². The largest absolute Gasteiger partial charge is 0.393 e. The number of hydrogen-bond acceptors (Lipinski definition) is 11. The Morgan fingerprint density at radius 2 is 1.59 bits per heavy atom. The molecular formula is C48H57ClF2IN5O6S3. The van der Waals surface area contributed by atoms with Gasteiger partial charge in [0.15, 0.2) is 0 Å². The van der Waals surface area contributed by atoms with Crippen LogP contribution in [0.15, 0.2) is 117 Å². The van der Waals surface area contributed by atoms with Crippen LogP contribution in [0.25, 0.3) is 5.57 Å². The van der Waals surface area contributed by atoms with Gasteiger partial charge in [0.05, 0.1) is 28.7 Å². The first kappa shape index (κ1) is 50.4. The number of morpholine rings is 1. The zero-order chi connectivity index (χ0) is 47.1. The van der Waals surface area contributed by atoms with Crippen molar-refractivity contribution in [2.45, 2.75) is 63.5 Å². The molecule has 1 amide bonds. The van der Waals surface area contributed by atoms with E-state index in [4.69, 9.17) is 16.3 Å². The molecule has 0 spiro atoms. The van der Waals surface area contributed by atoms with Gasteiger partial charge in [0.25, 0.3) is 25.8 Å². The van der Waals surface area contributed by atoms with Crippen LogP contribution < -0.4 is 14.9 Å². The Bertz CT molecular complexity index is 2590. The van der Waals surface area contributed by atoms with Crippen LogP contribution in [0.2, 0.25) is 5.02 Å². The lowest BCUT2D eigenvalue weighted by Crippen LogP contribution is -2.47. The summed E-state index contributed by atoms with van der Waals surface area (Å²) in [5.74, 6) is -0.491. The fraction of sp³-hybridized carbons (Fsp3) is 0.417. The predicted octanol–water partition coefficient (Wildman–Crippen LogP) is 9.27. The van der Waals surface area contributed by atoms with Gasteiger partial charge < -0.3 is 15.0 Å². The molecule has 2 aliphatic heterocycles. The molecular weight excluding hydrogens is 1040 g/mol. The molecule has 1 aliphatic carbocycles. The molecule has 7 rings (SSSR count). The van der Waals surface area contributed by atoms with Gasteiger partial charge in [-0.25, -0.2) is 21.6 Å². The third-order valence-corrected chi connectivity index (χ3v) is 20.0. The van der Waals surface area contributed by atoms with Gasteiger partial charge in [-0.1, -0.05) is 65.9 Å². The lowest BCUT2D eigenvalue weighted by molar-refractivity contribution is 0.0370. The minimum absolute atomic E-state index is 0.0565. The Balaban J connectivity index is 1.03. The molecule has 3 aliphatic rings. The van der Waals surface area contributed by atoms with E-state index in [1.54, 1.807) is 12.1 Å². The monoisotopic (exact) mass is 1100 g/mol. The molecule has 1 atom stereocenters. The minimum Gasteiger partial charge on any atom is -0.380 e. The zero-order valence-electron chi connectivity index (χ0n) is 37.2. The number of hydrogen-bond donors (Lipinski definition) is 2. The van der Waals surface area contributed by atoms with Crippen LogP contribution in [-0.4, -0.2) is 118 Å². The average Bonchev–Trinajstić information content (AvgIpc) is 3.31. The summed E-state index contributed by atoms with van der Waals surface area (Å²) in [5.41, 5.74) is 5.11. The van der Waals surface area contributed by atoms with Gasteiger partial charge in [-0.3, -0.25) is 14.6 Å². The van der Waals surface area contributed by atoms with Gasteiger partial charge in [-0.2, -0.15) is 8.78 Å². The molecule has 18 heteroatoms. The number of anilines is 2. The number of halogens is 4. The lowest BCUT2D eigenvalue weighted by Gasteiger charge is -2.39. The molecule has 0 bridgehead atoms. The number of thioether (sulfide) groups is 1. The third-order valence-electron chi connectivity index (χ3n) is 12.3. The lowest BCUT2D eigenvalue weighted by atomic mass is 9.73. The number of benzene rings is 4. The van der Waals surface area contributed by atoms with Gasteiger partial charge in [0, 0.05) is 85.3 Å². The minimum atomic E-state index is -5.41. The highest BCUT2D eigenvalue weighted by Crippen LogP contribution is 2.44. The van der Waals surface area contributed by atoms with Crippen molar-refractivity contribution in [3.63, 3.8) is 0 Å². The molecule has 2 heterocycles. The van der Waals surface area contributed by atoms with Crippen LogP contribution in [0.1, 0.15) is 55.5 Å². The van der Waals surface area contributed by atoms with Crippen LogP contribution >= 0.6 is 44.1 Å². The van der Waals surface area contributed by atoms with Crippen molar-refractivity contribution in [2.24, 2.45) is 5.41 Å². The summed E-state index contributed by atoms with van der Waals surface area (Å²) in [5, 5.41) is 3.90. The maximum absolute atomic E-state index is 15.3. The normalized spacial score (nSPS) is 18.2. The van der Waals surface area contributed by atoms with E-state index in [0.29, 0.717) is 38.0 Å². The Kier molecular flexibility index (Phi) is 16.7. The van der Waals surface area contributed by atoms with Crippen molar-refractivity contribution in [1.82, 2.24) is 14.5 Å². The summed E-state index contributed by atoms with van der Waals surface area (Å²) in [7, 11) is -10.1. The zero-order valence-corrected chi connectivity index (χ0v) is 42.5. The molecule has 0 radical (unpaired) electrons. The predicted molar refractivity (Wildman–Crippen MR) is 272 cm³/mol. The number of rotatable bonds is 18. The summed E-state index contributed by atoms with van der Waals surface area (Å²) in [4.78, 5) is 19.8. The number of carbonyl (C=O) groups is 1. The first-order chi connectivity index (χ1) is 31.4. The molecule has 356 valence electrons. The van der Waals surface area contributed by atoms with Gasteiger partial charge in [-0.15, -0.1) is 11.8 Å². The molecule has 0 aromatic heterocycles. The van der Waals surface area contributed by atoms with Crippen LogP contribution in [0.3, 0.4) is 0 Å². The van der Waals surface area contributed by atoms with E-state index < -0.39 is 65.6 Å². The first-order valence-corrected chi connectivity index (χ1v) is 28.9. The van der Waals surface area contributed by atoms with Crippen molar-refractivity contribution in [2.75, 3.05) is 81.5 Å². The van der Waals surface area contributed by atoms with Crippen LogP contribution in [0.5, 0.6) is 0 Å². The van der Waals surface area contributed by atoms with E-state index in [9.17, 15) is 21.6 Å². The van der Waals surface area contributed by atoms with E-state index in [-0.39, 0.29) is 16.7 Å². The molecule has 4 aromatic rings. The van der Waals surface area contributed by atoms with Gasteiger partial charge in [-0.05, 0) is 130 Å². The summed E-state index contributed by atoms with van der Waals surface area (Å²) >= 11 is 5.32. The molecule has 2 fully saturated rings. The van der Waals surface area contributed by atoms with E-state index in [0.717, 1.165) is 86.7 Å². The van der Waals surface area contributed by atoms with Gasteiger partial charge in [0.2, 0.25) is 0 Å². The standard InChI is InChI=1S/C48H57ClF2IN5O6S3/c1-47(2)21-19-43(35-9-13-38(49)14-10-35)37(32-47)33-56-23-25-57(26-24-56)40-15-11-36(12-16-40)46(58)54-66(61,62)42-17-18-44(45(31-42)65(59,60)48(50,51)52-3)53-39(20-22-55-27-29-63-30-28-55)34-64-41-7-5-4-6-8-41/h4-18,31,39,53H,3,19-30,32-34H2,1-2H3,(H,54,58). The molecule has 66 heavy (non-hydrogen) atoms. The number of sulfonamides is 1. The van der Waals surface area contributed by atoms with E-state index in [1.807, 2.05) is 47.2 Å². The van der Waals surface area contributed by atoms with Crippen molar-refractivity contribution in [3.05, 3.63) is 119 Å². The SMILES string of the molecule is C=IC(F)(F)S(=O)(=O)c1cc(S(=O)(=O)NC(=O)c2ccc(N3CCN(CC4=C(c5ccc(Cl)cc5)CCC(C)(C)C4)CC3)cc2)ccc1NC(CCN1CCOCC1)CSc1ccccc1. The van der Waals surface area contributed by atoms with E-state index in [1.165, 1.54) is 46.7 Å². The first-order valence-electron chi connectivity index (χ1n) is 21.9. The fourth-order valence-corrected chi connectivity index (χ4v) is 13.8. The molecule has 1 unspecified atom stereocenters. The highest BCUT2D eigenvalue weighted by atomic mass is 127. The second kappa shape index (κ2) is 21.9. The Morgan fingerprint density at radius 3 is 2.26 bits per heavy atom. The highest BCUT2D eigenvalue weighted by molar-refractivity contribution is 14.2. The number of ether oxygens (including phenoxy) is 1. The number of nitrogens with one attached hydrogen (secondary N) is 2. The number of sulfone groups is 1. The van der Waals surface area contributed by atoms with E-state index in [2.05, 4.69) is 50.5 Å². The second-order valence-corrected chi connectivity index (χ2v) is 25.6. The fourth-order valence-electron chi connectivity index (χ4n) is 8.56. The Hall–Kier alpha value is -3.43. The quantitative estimate of drug-likeness (QED) is 0.0563. The number of nitrogens with zero attached hydrogens (tertiary/aromatic N) is 3. The summed E-state index contributed by atoms with van der Waals surface area (Å²) in [6.07, 6.45) is 3.73. The van der Waals surface area contributed by atoms with Gasteiger partial charge >= 0.3 is 3.26 Å². The number of amides is 1. The van der Waals surface area contributed by atoms with Crippen molar-refractivity contribution < 1.29 is 35.1 Å². The number of allylic oxidation sites excluding steroid dienone is 1. The Morgan fingerprint density at radius 1 is 0.909 bits per heavy atom. The smallest absolute Gasteiger partial charge is 0.380 e. The molecule has 0 saturated carbocycles. The maximum atomic E-state index is 15.3. The van der Waals surface area contributed by atoms with Crippen molar-refractivity contribution in [3.8, 4) is 0 Å². The summed E-state index contributed by atoms with van der Waals surface area (Å²) < 4.78 is 91.8. The second-order valence-electron chi connectivity index (χ2n) is 17.6. The van der Waals surface area contributed by atoms with Crippen LogP contribution in [0, 0.1) is 5.41 Å². The molecule has 2 N–H and O–H groups in total. The average molecular weight is 1100 g/mol. The molecule has 2 saturated heterocycles. The summed E-state index contributed by atoms with van der Waals surface area (Å²) in [6.45, 7) is 12.0. The highest BCUT2D eigenvalue weighted by Gasteiger charge is 2.46. The van der Waals surface area contributed by atoms with Crippen LogP contribution in [-0.2, 0) is 24.6 Å². The van der Waals surface area contributed by atoms with Crippen molar-refractivity contribution in [1.29, 1.82) is 0 Å². The molecule has 11 nitrogen and oxygen atoms in total. The van der Waals surface area contributed by atoms with Gasteiger partial charge in [0.1, 0.15) is 0 Å². The maximum Gasteiger partial charge on any atom is 0.393 e. The number of carbonyl (C=O) groups excluding carboxylic acids is 1. The van der Waals surface area contributed by atoms with E-state index >= 15 is 8.78 Å². The summed E-state index contributed by atoms with van der Waals surface area (Å²) in [6, 6.07) is 26.9. The van der Waals surface area contributed by atoms with Crippen molar-refractivity contribution >= 4 is 91.3 Å². The van der Waals surface area contributed by atoms with Crippen LogP contribution in [0.4, 0.5) is 20.2 Å². The number of piperazine rings is 1. The molecule has 4 aromatic carbocycles. The third kappa shape index (κ3) is 12.8. The topological polar surface area (TPSA) is 128 Å². The number of alkyl halides is 3.